The second kappa shape index (κ2) is 4.27. The van der Waals surface area contributed by atoms with E-state index in [-0.39, 0.29) is 0 Å². The van der Waals surface area contributed by atoms with Crippen molar-refractivity contribution < 1.29 is 5.11 Å². The zero-order valence-corrected chi connectivity index (χ0v) is 4.62. The van der Waals surface area contributed by atoms with Crippen molar-refractivity contribution in [2.24, 2.45) is 4.99 Å². The van der Waals surface area contributed by atoms with Crippen molar-refractivity contribution in [3.05, 3.63) is 25.4 Å². The summed E-state index contributed by atoms with van der Waals surface area (Å²) in [5, 5.41) is 8.67. The summed E-state index contributed by atoms with van der Waals surface area (Å²) in [4.78, 5) is 3.56. The third-order valence-electron chi connectivity index (χ3n) is 0.586. The van der Waals surface area contributed by atoms with Gasteiger partial charge in [-0.3, -0.25) is 4.99 Å². The molecule has 1 atom stereocenters. The van der Waals surface area contributed by atoms with Gasteiger partial charge in [-0.05, 0) is 0 Å². The first-order valence-corrected chi connectivity index (χ1v) is 2.26. The number of rotatable bonds is 3. The first-order valence-electron chi connectivity index (χ1n) is 2.26. The Hall–Kier alpha value is -0.890. The Morgan fingerprint density at radius 1 is 1.50 bits per heavy atom. The molecule has 0 aliphatic rings. The van der Waals surface area contributed by atoms with Crippen molar-refractivity contribution in [1.29, 1.82) is 0 Å². The maximum Gasteiger partial charge on any atom is 0.107 e. The van der Waals surface area contributed by atoms with Crippen molar-refractivity contribution in [1.82, 2.24) is 0 Å². The van der Waals surface area contributed by atoms with Crippen LogP contribution >= 0.6 is 0 Å². The van der Waals surface area contributed by atoms with Gasteiger partial charge in [-0.2, -0.15) is 0 Å². The third-order valence-corrected chi connectivity index (χ3v) is 0.586. The third kappa shape index (κ3) is 3.31. The van der Waals surface area contributed by atoms with Crippen LogP contribution in [0.3, 0.4) is 0 Å². The monoisotopic (exact) mass is 111 g/mol. The van der Waals surface area contributed by atoms with E-state index in [2.05, 4.69) is 18.2 Å². The molecule has 1 N–H and O–H groups in total. The van der Waals surface area contributed by atoms with Gasteiger partial charge in [0.25, 0.3) is 0 Å². The maximum atomic E-state index is 8.67. The Kier molecular flexibility index (Phi) is 3.80. The molecule has 0 heterocycles. The number of hydrogen-bond donors (Lipinski definition) is 1. The Bertz CT molecular complexity index is 107. The minimum Gasteiger partial charge on any atom is -0.383 e. The molecule has 0 aromatic rings. The molecule has 0 radical (unpaired) electrons. The highest BCUT2D eigenvalue weighted by atomic mass is 16.3. The highest BCUT2D eigenvalue weighted by molar-refractivity contribution is 5.65. The average Bonchev–Trinajstić information content (AvgIpc) is 1.83. The zero-order chi connectivity index (χ0) is 6.41. The lowest BCUT2D eigenvalue weighted by Gasteiger charge is -1.89. The number of aliphatic imine (C=N–C) groups is 1. The fraction of sp³-hybridized carbons (Fsp3) is 0.167. The summed E-state index contributed by atoms with van der Waals surface area (Å²) in [5.41, 5.74) is 0. The van der Waals surface area contributed by atoms with Crippen molar-refractivity contribution in [3.8, 4) is 0 Å². The molecule has 0 aliphatic carbocycles. The molecule has 44 valence electrons. The van der Waals surface area contributed by atoms with Crippen molar-refractivity contribution in [2.75, 3.05) is 0 Å². The van der Waals surface area contributed by atoms with Crippen molar-refractivity contribution in [3.63, 3.8) is 0 Å². The minimum atomic E-state index is -0.645. The highest BCUT2D eigenvalue weighted by Crippen LogP contribution is 1.76. The molecule has 0 bridgehead atoms. The molecular weight excluding hydrogens is 102 g/mol. The van der Waals surface area contributed by atoms with Crippen LogP contribution in [0.15, 0.2) is 30.4 Å². The van der Waals surface area contributed by atoms with Gasteiger partial charge in [-0.15, -0.1) is 6.58 Å². The normalized spacial score (nSPS) is 13.6. The van der Waals surface area contributed by atoms with Crippen LogP contribution in [0.1, 0.15) is 0 Å². The van der Waals surface area contributed by atoms with E-state index in [0.717, 1.165) is 0 Å². The molecule has 0 aliphatic heterocycles. The summed E-state index contributed by atoms with van der Waals surface area (Å²) in [6, 6.07) is 0. The van der Waals surface area contributed by atoms with E-state index >= 15 is 0 Å². The lowest BCUT2D eigenvalue weighted by Crippen LogP contribution is -2.00. The van der Waals surface area contributed by atoms with Gasteiger partial charge in [-0.1, -0.05) is 12.7 Å². The molecule has 0 saturated heterocycles. The molecule has 8 heavy (non-hydrogen) atoms. The van der Waals surface area contributed by atoms with Crippen LogP contribution in [0.2, 0.25) is 0 Å². The fourth-order valence-electron chi connectivity index (χ4n) is 0.210. The quantitative estimate of drug-likeness (QED) is 0.423. The van der Waals surface area contributed by atoms with Crippen LogP contribution in [0.4, 0.5) is 0 Å². The van der Waals surface area contributed by atoms with Crippen LogP contribution in [0, 0.1) is 0 Å². The molecular formula is C6H9NO. The Labute approximate surface area is 48.9 Å². The number of aliphatic hydroxyl groups excluding tert-OH is 1. The molecule has 0 saturated carbocycles. The molecule has 0 rings (SSSR count). The van der Waals surface area contributed by atoms with Crippen LogP contribution in [0.5, 0.6) is 0 Å². The van der Waals surface area contributed by atoms with E-state index in [0.29, 0.717) is 0 Å². The molecule has 0 spiro atoms. The van der Waals surface area contributed by atoms with Gasteiger partial charge in [-0.25, -0.2) is 0 Å². The summed E-state index contributed by atoms with van der Waals surface area (Å²) in [7, 11) is 0. The molecule has 0 fully saturated rings. The summed E-state index contributed by atoms with van der Waals surface area (Å²) in [5.74, 6) is 0. The van der Waals surface area contributed by atoms with Gasteiger partial charge in [0.1, 0.15) is 6.10 Å². The molecule has 2 nitrogen and oxygen atoms in total. The standard InChI is InChI=1S/C6H9NO/c1-3-6(8)5-7-4-2/h3-6,8H,1-2H2. The molecule has 0 amide bonds. The summed E-state index contributed by atoms with van der Waals surface area (Å²) in [6.45, 7) is 6.66. The summed E-state index contributed by atoms with van der Waals surface area (Å²) in [6.07, 6.45) is 3.44. The van der Waals surface area contributed by atoms with Gasteiger partial charge >= 0.3 is 0 Å². The van der Waals surface area contributed by atoms with Gasteiger partial charge in [0.15, 0.2) is 0 Å². The van der Waals surface area contributed by atoms with E-state index in [1.807, 2.05) is 0 Å². The van der Waals surface area contributed by atoms with E-state index in [1.165, 1.54) is 18.5 Å². The largest absolute Gasteiger partial charge is 0.383 e. The van der Waals surface area contributed by atoms with E-state index in [9.17, 15) is 0 Å². The maximum absolute atomic E-state index is 8.67. The number of hydrogen-bond acceptors (Lipinski definition) is 2. The van der Waals surface area contributed by atoms with Gasteiger partial charge in [0.05, 0.1) is 0 Å². The predicted molar refractivity (Wildman–Crippen MR) is 34.9 cm³/mol. The minimum absolute atomic E-state index is 0.645. The average molecular weight is 111 g/mol. The zero-order valence-electron chi connectivity index (χ0n) is 4.62. The molecule has 1 unspecified atom stereocenters. The van der Waals surface area contributed by atoms with Crippen molar-refractivity contribution >= 4 is 6.21 Å². The second-order valence-electron chi connectivity index (χ2n) is 1.21. The van der Waals surface area contributed by atoms with Gasteiger partial charge in [0.2, 0.25) is 0 Å². The van der Waals surface area contributed by atoms with Crippen LogP contribution in [0.25, 0.3) is 0 Å². The number of aliphatic hydroxyl groups is 1. The topological polar surface area (TPSA) is 32.6 Å². The van der Waals surface area contributed by atoms with Gasteiger partial charge < -0.3 is 5.11 Å². The van der Waals surface area contributed by atoms with E-state index in [4.69, 9.17) is 5.11 Å². The van der Waals surface area contributed by atoms with Crippen LogP contribution in [-0.4, -0.2) is 17.4 Å². The highest BCUT2D eigenvalue weighted by Gasteiger charge is 1.85. The Morgan fingerprint density at radius 3 is 2.50 bits per heavy atom. The lowest BCUT2D eigenvalue weighted by atomic mass is 10.4. The molecule has 0 aromatic carbocycles. The summed E-state index contributed by atoms with van der Waals surface area (Å²) >= 11 is 0. The van der Waals surface area contributed by atoms with Crippen molar-refractivity contribution in [2.45, 2.75) is 6.10 Å². The summed E-state index contributed by atoms with van der Waals surface area (Å²) < 4.78 is 0. The van der Waals surface area contributed by atoms with E-state index in [1.54, 1.807) is 0 Å². The van der Waals surface area contributed by atoms with Crippen LogP contribution < -0.4 is 0 Å². The lowest BCUT2D eigenvalue weighted by molar-refractivity contribution is 0.294. The first kappa shape index (κ1) is 7.11. The Balaban J connectivity index is 3.50. The SMILES string of the molecule is C=CN=CC(O)C=C. The number of nitrogens with zero attached hydrogens (tertiary/aromatic N) is 1. The Morgan fingerprint density at radius 2 is 2.12 bits per heavy atom. The van der Waals surface area contributed by atoms with E-state index < -0.39 is 6.10 Å². The predicted octanol–water partition coefficient (Wildman–Crippen LogP) is 0.748. The molecule has 0 aromatic heterocycles. The smallest absolute Gasteiger partial charge is 0.107 e. The fourth-order valence-corrected chi connectivity index (χ4v) is 0.210. The second-order valence-corrected chi connectivity index (χ2v) is 1.21. The van der Waals surface area contributed by atoms with Gasteiger partial charge in [0, 0.05) is 12.4 Å². The van der Waals surface area contributed by atoms with Crippen LogP contribution in [-0.2, 0) is 0 Å². The molecule has 2 heteroatoms. The first-order chi connectivity index (χ1) is 3.81.